The number of fused-ring (bicyclic) bond motifs is 1. The van der Waals surface area contributed by atoms with Crippen molar-refractivity contribution in [1.82, 2.24) is 14.9 Å². The van der Waals surface area contributed by atoms with Gasteiger partial charge in [-0.1, -0.05) is 13.8 Å². The van der Waals surface area contributed by atoms with Gasteiger partial charge in [0, 0.05) is 61.0 Å². The first-order valence-corrected chi connectivity index (χ1v) is 17.0. The Morgan fingerprint density at radius 3 is 2.42 bits per heavy atom. The molecule has 11 nitrogen and oxygen atoms in total. The number of aromatic nitrogens is 2. The number of carbonyl (C=O) groups is 1. The normalized spacial score (nSPS) is 18.1. The Kier molecular flexibility index (Phi) is 8.80. The molecule has 13 heteroatoms. The first kappa shape index (κ1) is 32.9. The number of ether oxygens (including phenoxy) is 2. The van der Waals surface area contributed by atoms with Crippen molar-refractivity contribution in [2.45, 2.75) is 37.3 Å². The minimum atomic E-state index is -4.59. The summed E-state index contributed by atoms with van der Waals surface area (Å²) in [6.45, 7) is 7.67. The quantitative estimate of drug-likeness (QED) is 0.245. The summed E-state index contributed by atoms with van der Waals surface area (Å²) in [5, 5.41) is 9.58. The molecule has 1 atom stereocenters. The number of hydrogen-bond donors (Lipinski definition) is 0. The maximum absolute atomic E-state index is 15.2. The number of methoxy groups -OCH3 is 1. The van der Waals surface area contributed by atoms with E-state index in [4.69, 9.17) is 9.47 Å². The third-order valence-electron chi connectivity index (χ3n) is 8.79. The number of pyridine rings is 2. The summed E-state index contributed by atoms with van der Waals surface area (Å²) in [4.78, 5) is 27.9. The van der Waals surface area contributed by atoms with Crippen LogP contribution in [-0.2, 0) is 20.4 Å². The lowest BCUT2D eigenvalue weighted by molar-refractivity contribution is -0.127. The topological polar surface area (TPSA) is 129 Å². The number of anilines is 2. The smallest absolute Gasteiger partial charge is 0.288 e. The monoisotopic (exact) mass is 670 g/mol. The van der Waals surface area contributed by atoms with Gasteiger partial charge in [-0.25, -0.2) is 9.37 Å². The van der Waals surface area contributed by atoms with Gasteiger partial charge in [-0.15, -0.1) is 0 Å². The molecule has 2 aliphatic heterocycles. The number of carbonyl (C=O) groups excluding carboxylic acids is 1. The van der Waals surface area contributed by atoms with Crippen LogP contribution in [0.3, 0.4) is 0 Å². The fourth-order valence-corrected chi connectivity index (χ4v) is 7.85. The van der Waals surface area contributed by atoms with Crippen molar-refractivity contribution in [3.63, 3.8) is 0 Å². The maximum Gasteiger partial charge on any atom is 0.288 e. The van der Waals surface area contributed by atoms with Gasteiger partial charge >= 0.3 is 0 Å². The number of piperazine rings is 1. The standard InChI is InChI=1S/C35H35FN6O5S/c1-5-47-32-19-25(36)7-9-28(32)35(41-16-14-40(15-17-41)26-12-13-38-30(20-26)23(2)3)29-18-24(21-37)6-10-31(29)42(34(35)43)48(44,45)33-11-8-27(46-4)22-39-33/h6-13,18-20,22-23H,5,14-17H2,1-4H3. The summed E-state index contributed by atoms with van der Waals surface area (Å²) in [6, 6.07) is 17.2. The molecule has 48 heavy (non-hydrogen) atoms. The Morgan fingerprint density at radius 2 is 1.77 bits per heavy atom. The zero-order valence-electron chi connectivity index (χ0n) is 27.1. The second-order valence-electron chi connectivity index (χ2n) is 11.8. The lowest BCUT2D eigenvalue weighted by atomic mass is 9.80. The van der Waals surface area contributed by atoms with Crippen LogP contribution in [0.1, 0.15) is 49.1 Å². The summed E-state index contributed by atoms with van der Waals surface area (Å²) >= 11 is 0. The third kappa shape index (κ3) is 5.40. The molecule has 1 fully saturated rings. The van der Waals surface area contributed by atoms with E-state index in [2.05, 4.69) is 40.9 Å². The van der Waals surface area contributed by atoms with Crippen molar-refractivity contribution in [1.29, 1.82) is 5.26 Å². The van der Waals surface area contributed by atoms with Crippen molar-refractivity contribution >= 4 is 27.3 Å². The van der Waals surface area contributed by atoms with E-state index in [-0.39, 0.29) is 45.7 Å². The summed E-state index contributed by atoms with van der Waals surface area (Å²) in [6.07, 6.45) is 3.04. The van der Waals surface area contributed by atoms with Crippen LogP contribution in [0.2, 0.25) is 0 Å². The molecule has 0 N–H and O–H groups in total. The average molecular weight is 671 g/mol. The van der Waals surface area contributed by atoms with Crippen LogP contribution < -0.4 is 18.7 Å². The van der Waals surface area contributed by atoms with Gasteiger partial charge in [0.15, 0.2) is 10.6 Å². The first-order chi connectivity index (χ1) is 23.1. The van der Waals surface area contributed by atoms with Crippen LogP contribution >= 0.6 is 0 Å². The van der Waals surface area contributed by atoms with E-state index in [0.717, 1.165) is 15.7 Å². The SMILES string of the molecule is CCOc1cc(F)ccc1C1(N2CCN(c3ccnc(C(C)C)c3)CC2)C(=O)N(S(=O)(=O)c2ccc(OC)cn2)c2ccc(C#N)cc21. The fourth-order valence-electron chi connectivity index (χ4n) is 6.47. The zero-order valence-corrected chi connectivity index (χ0v) is 27.9. The van der Waals surface area contributed by atoms with Gasteiger partial charge in [-0.3, -0.25) is 14.7 Å². The predicted molar refractivity (Wildman–Crippen MR) is 177 cm³/mol. The molecule has 0 radical (unpaired) electrons. The Labute approximate surface area is 279 Å². The van der Waals surface area contributed by atoms with E-state index in [0.29, 0.717) is 31.9 Å². The van der Waals surface area contributed by atoms with Crippen molar-refractivity contribution in [2.75, 3.05) is 49.1 Å². The highest BCUT2D eigenvalue weighted by atomic mass is 32.2. The number of nitriles is 1. The summed E-state index contributed by atoms with van der Waals surface area (Å²) in [5.74, 6) is -0.712. The third-order valence-corrected chi connectivity index (χ3v) is 10.4. The Bertz CT molecular complexity index is 2010. The minimum absolute atomic E-state index is 0.0709. The van der Waals surface area contributed by atoms with Gasteiger partial charge in [-0.05, 0) is 67.4 Å². The molecule has 248 valence electrons. The van der Waals surface area contributed by atoms with E-state index >= 15 is 4.79 Å². The fraction of sp³-hybridized carbons (Fsp3) is 0.314. The summed E-state index contributed by atoms with van der Waals surface area (Å²) < 4.78 is 55.3. The zero-order chi connectivity index (χ0) is 34.2. The van der Waals surface area contributed by atoms with Crippen molar-refractivity contribution < 1.29 is 27.1 Å². The van der Waals surface area contributed by atoms with Crippen LogP contribution in [-0.4, -0.2) is 69.1 Å². The molecule has 2 aromatic carbocycles. The number of halogens is 1. The highest BCUT2D eigenvalue weighted by Crippen LogP contribution is 2.53. The molecular formula is C35H35FN6O5S. The molecule has 1 amide bonds. The number of sulfonamides is 1. The van der Waals surface area contributed by atoms with Crippen LogP contribution in [0, 0.1) is 17.1 Å². The van der Waals surface area contributed by atoms with Crippen molar-refractivity contribution in [2.24, 2.45) is 0 Å². The molecule has 4 aromatic rings. The molecular weight excluding hydrogens is 635 g/mol. The van der Waals surface area contributed by atoms with Gasteiger partial charge in [0.05, 0.1) is 37.2 Å². The molecule has 0 spiro atoms. The molecule has 2 aliphatic rings. The highest BCUT2D eigenvalue weighted by molar-refractivity contribution is 7.93. The van der Waals surface area contributed by atoms with E-state index in [1.54, 1.807) is 13.1 Å². The number of benzene rings is 2. The van der Waals surface area contributed by atoms with Crippen molar-refractivity contribution in [3.05, 3.63) is 101 Å². The summed E-state index contributed by atoms with van der Waals surface area (Å²) in [5.41, 5.74) is 0.983. The number of hydrogen-bond acceptors (Lipinski definition) is 10. The van der Waals surface area contributed by atoms with Crippen LogP contribution in [0.25, 0.3) is 0 Å². The number of nitrogens with zero attached hydrogens (tertiary/aromatic N) is 6. The molecule has 0 bridgehead atoms. The second-order valence-corrected chi connectivity index (χ2v) is 13.5. The molecule has 0 aliphatic carbocycles. The van der Waals surface area contributed by atoms with Gasteiger partial charge in [-0.2, -0.15) is 18.0 Å². The van der Waals surface area contributed by atoms with E-state index in [9.17, 15) is 18.1 Å². The van der Waals surface area contributed by atoms with Gasteiger partial charge in [0.25, 0.3) is 15.9 Å². The minimum Gasteiger partial charge on any atom is -0.495 e. The number of amides is 1. The Balaban J connectivity index is 1.54. The second kappa shape index (κ2) is 12.9. The maximum atomic E-state index is 15.2. The first-order valence-electron chi connectivity index (χ1n) is 15.6. The Morgan fingerprint density at radius 1 is 1.00 bits per heavy atom. The highest BCUT2D eigenvalue weighted by Gasteiger charge is 2.61. The van der Waals surface area contributed by atoms with Crippen LogP contribution in [0.15, 0.2) is 78.1 Å². The van der Waals surface area contributed by atoms with Gasteiger partial charge < -0.3 is 14.4 Å². The Hall–Kier alpha value is -5.06. The van der Waals surface area contributed by atoms with Gasteiger partial charge in [0.1, 0.15) is 17.3 Å². The van der Waals surface area contributed by atoms with E-state index in [1.807, 2.05) is 11.0 Å². The molecule has 4 heterocycles. The molecule has 1 unspecified atom stereocenters. The van der Waals surface area contributed by atoms with Crippen molar-refractivity contribution in [3.8, 4) is 17.6 Å². The average Bonchev–Trinajstić information content (AvgIpc) is 3.36. The van der Waals surface area contributed by atoms with Crippen LogP contribution in [0.4, 0.5) is 15.8 Å². The molecule has 6 rings (SSSR count). The van der Waals surface area contributed by atoms with E-state index in [1.165, 1.54) is 61.8 Å². The van der Waals surface area contributed by atoms with E-state index < -0.39 is 27.3 Å². The summed E-state index contributed by atoms with van der Waals surface area (Å²) in [7, 11) is -3.15. The largest absolute Gasteiger partial charge is 0.495 e. The predicted octanol–water partition coefficient (Wildman–Crippen LogP) is 4.82. The lowest BCUT2D eigenvalue weighted by Gasteiger charge is -2.46. The molecule has 0 saturated carbocycles. The lowest BCUT2D eigenvalue weighted by Crippen LogP contribution is -2.60. The molecule has 1 saturated heterocycles. The number of rotatable bonds is 9. The van der Waals surface area contributed by atoms with Crippen LogP contribution in [0.5, 0.6) is 11.5 Å². The molecule has 2 aromatic heterocycles. The van der Waals surface area contributed by atoms with Gasteiger partial charge in [0.2, 0.25) is 0 Å².